The first kappa shape index (κ1) is 26.1. The van der Waals surface area contributed by atoms with Crippen molar-refractivity contribution in [1.82, 2.24) is 30.8 Å². The van der Waals surface area contributed by atoms with Gasteiger partial charge in [-0.1, -0.05) is 18.9 Å². The van der Waals surface area contributed by atoms with Gasteiger partial charge in [0.2, 0.25) is 5.95 Å². The second-order valence-corrected chi connectivity index (χ2v) is 11.9. The SMILES string of the molecule is CC1(NC(=O)N[C@H]2CC[C@H](Nc3nccc(Nc4cc(C5CCCC5)[nH]n4)n3)CC2)Cc2ccc(C#N)cc2C1. The number of anilines is 3. The van der Waals surface area contributed by atoms with Gasteiger partial charge >= 0.3 is 6.03 Å². The van der Waals surface area contributed by atoms with Crippen LogP contribution < -0.4 is 21.3 Å². The van der Waals surface area contributed by atoms with Gasteiger partial charge in [-0.05, 0) is 87.6 Å². The van der Waals surface area contributed by atoms with E-state index in [0.717, 1.165) is 49.9 Å². The molecule has 1 aromatic carbocycles. The van der Waals surface area contributed by atoms with Crippen LogP contribution >= 0.6 is 0 Å². The third-order valence-electron chi connectivity index (χ3n) is 8.61. The molecule has 2 fully saturated rings. The molecule has 3 aromatic rings. The van der Waals surface area contributed by atoms with Crippen molar-refractivity contribution >= 4 is 23.6 Å². The van der Waals surface area contributed by atoms with E-state index >= 15 is 0 Å². The first-order valence-electron chi connectivity index (χ1n) is 14.5. The molecule has 1 unspecified atom stereocenters. The third-order valence-corrected chi connectivity index (χ3v) is 8.61. The number of amides is 2. The molecule has 2 aromatic heterocycles. The summed E-state index contributed by atoms with van der Waals surface area (Å²) in [6.07, 6.45) is 11.9. The first-order valence-corrected chi connectivity index (χ1v) is 14.5. The summed E-state index contributed by atoms with van der Waals surface area (Å²) in [5.41, 5.74) is 3.87. The van der Waals surface area contributed by atoms with Crippen molar-refractivity contribution in [3.8, 4) is 6.07 Å². The maximum absolute atomic E-state index is 12.9. The smallest absolute Gasteiger partial charge is 0.315 e. The Labute approximate surface area is 234 Å². The Balaban J connectivity index is 0.957. The Morgan fingerprint density at radius 3 is 2.58 bits per heavy atom. The lowest BCUT2D eigenvalue weighted by Gasteiger charge is -2.31. The molecule has 0 spiro atoms. The van der Waals surface area contributed by atoms with E-state index in [1.165, 1.54) is 36.9 Å². The number of benzene rings is 1. The summed E-state index contributed by atoms with van der Waals surface area (Å²) >= 11 is 0. The zero-order valence-electron chi connectivity index (χ0n) is 23.0. The summed E-state index contributed by atoms with van der Waals surface area (Å²) in [6, 6.07) is 12.2. The van der Waals surface area contributed by atoms with Crippen molar-refractivity contribution < 1.29 is 4.79 Å². The van der Waals surface area contributed by atoms with Gasteiger partial charge in [-0.2, -0.15) is 15.3 Å². The van der Waals surface area contributed by atoms with Crippen molar-refractivity contribution in [2.75, 3.05) is 10.6 Å². The first-order chi connectivity index (χ1) is 19.4. The van der Waals surface area contributed by atoms with Gasteiger partial charge in [0.15, 0.2) is 5.82 Å². The minimum Gasteiger partial charge on any atom is -0.351 e. The zero-order chi connectivity index (χ0) is 27.5. The van der Waals surface area contributed by atoms with Crippen LogP contribution in [0.25, 0.3) is 0 Å². The summed E-state index contributed by atoms with van der Waals surface area (Å²) in [7, 11) is 0. The summed E-state index contributed by atoms with van der Waals surface area (Å²) in [5, 5.41) is 29.9. The minimum atomic E-state index is -0.344. The van der Waals surface area contributed by atoms with Gasteiger partial charge < -0.3 is 21.3 Å². The fourth-order valence-electron chi connectivity index (χ4n) is 6.56. The molecule has 6 rings (SSSR count). The highest BCUT2D eigenvalue weighted by Gasteiger charge is 2.35. The monoisotopic (exact) mass is 539 g/mol. The number of rotatable bonds is 7. The molecule has 0 aliphatic heterocycles. The van der Waals surface area contributed by atoms with Crippen LogP contribution in [0.1, 0.15) is 86.6 Å². The number of carbonyl (C=O) groups excluding carboxylic acids is 1. The molecular formula is C30H37N9O. The van der Waals surface area contributed by atoms with Gasteiger partial charge in [-0.15, -0.1) is 0 Å². The molecule has 0 saturated heterocycles. The standard InChI is InChI=1S/C30H37N9O/c1-30(16-21-7-6-19(18-31)14-22(21)17-30)37-29(40)34-24-10-8-23(9-11-24)33-28-32-13-12-26(36-28)35-27-15-25(38-39-27)20-4-2-3-5-20/h6-7,12-15,20,23-24H,2-5,8-11,16-17H2,1H3,(H2,34,37,40)(H3,32,33,35,36,38,39)/t23-,24-,30?. The molecule has 3 aliphatic rings. The van der Waals surface area contributed by atoms with E-state index in [1.807, 2.05) is 24.3 Å². The summed E-state index contributed by atoms with van der Waals surface area (Å²) in [6.45, 7) is 2.07. The summed E-state index contributed by atoms with van der Waals surface area (Å²) in [4.78, 5) is 21.9. The molecule has 5 N–H and O–H groups in total. The molecule has 0 radical (unpaired) electrons. The largest absolute Gasteiger partial charge is 0.351 e. The molecule has 208 valence electrons. The Kier molecular flexibility index (Phi) is 7.29. The molecule has 0 bridgehead atoms. The number of urea groups is 1. The van der Waals surface area contributed by atoms with E-state index in [0.29, 0.717) is 23.2 Å². The van der Waals surface area contributed by atoms with E-state index in [1.54, 1.807) is 6.20 Å². The molecule has 2 amide bonds. The zero-order valence-corrected chi connectivity index (χ0v) is 23.0. The Bertz CT molecular complexity index is 1400. The van der Waals surface area contributed by atoms with E-state index in [9.17, 15) is 10.1 Å². The second-order valence-electron chi connectivity index (χ2n) is 11.9. The number of nitriles is 1. The number of hydrogen-bond acceptors (Lipinski definition) is 7. The predicted octanol–water partition coefficient (Wildman–Crippen LogP) is 5.05. The van der Waals surface area contributed by atoms with E-state index in [-0.39, 0.29) is 23.7 Å². The van der Waals surface area contributed by atoms with Gasteiger partial charge in [-0.3, -0.25) is 5.10 Å². The maximum atomic E-state index is 12.9. The van der Waals surface area contributed by atoms with Crippen LogP contribution in [0, 0.1) is 11.3 Å². The molecule has 2 saturated carbocycles. The number of aromatic nitrogens is 4. The molecular weight excluding hydrogens is 502 g/mol. The highest BCUT2D eigenvalue weighted by atomic mass is 16.2. The Morgan fingerprint density at radius 1 is 1.00 bits per heavy atom. The molecule has 1 atom stereocenters. The van der Waals surface area contributed by atoms with Gasteiger partial charge in [0.25, 0.3) is 0 Å². The van der Waals surface area contributed by atoms with Crippen LogP contribution in [-0.4, -0.2) is 43.8 Å². The number of H-pyrrole nitrogens is 1. The Morgan fingerprint density at radius 2 is 1.77 bits per heavy atom. The van der Waals surface area contributed by atoms with Crippen LogP contribution in [-0.2, 0) is 12.8 Å². The maximum Gasteiger partial charge on any atom is 0.315 e. The van der Waals surface area contributed by atoms with E-state index in [4.69, 9.17) is 0 Å². The highest BCUT2D eigenvalue weighted by molar-refractivity contribution is 5.75. The number of hydrogen-bond donors (Lipinski definition) is 5. The molecule has 2 heterocycles. The van der Waals surface area contributed by atoms with E-state index < -0.39 is 0 Å². The Hall–Kier alpha value is -4.13. The van der Waals surface area contributed by atoms with E-state index in [2.05, 4.69) is 60.5 Å². The topological polar surface area (TPSA) is 143 Å². The molecule has 10 heteroatoms. The molecule has 40 heavy (non-hydrogen) atoms. The van der Waals surface area contributed by atoms with Gasteiger partial charge in [0, 0.05) is 41.5 Å². The number of nitrogens with one attached hydrogen (secondary N) is 5. The fraction of sp³-hybridized carbons (Fsp3) is 0.500. The van der Waals surface area contributed by atoms with Gasteiger partial charge in [0.05, 0.1) is 11.6 Å². The van der Waals surface area contributed by atoms with Crippen LogP contribution in [0.3, 0.4) is 0 Å². The minimum absolute atomic E-state index is 0.121. The highest BCUT2D eigenvalue weighted by Crippen LogP contribution is 2.34. The van der Waals surface area contributed by atoms with Crippen LogP contribution in [0.5, 0.6) is 0 Å². The predicted molar refractivity (Wildman–Crippen MR) is 153 cm³/mol. The number of nitrogens with zero attached hydrogens (tertiary/aromatic N) is 4. The molecule has 3 aliphatic carbocycles. The molecule has 10 nitrogen and oxygen atoms in total. The van der Waals surface area contributed by atoms with Crippen molar-refractivity contribution in [2.24, 2.45) is 0 Å². The van der Waals surface area contributed by atoms with Crippen LogP contribution in [0.4, 0.5) is 22.4 Å². The average molecular weight is 540 g/mol. The number of aromatic amines is 1. The van der Waals surface area contributed by atoms with Crippen molar-refractivity contribution in [3.05, 3.63) is 58.9 Å². The van der Waals surface area contributed by atoms with Crippen molar-refractivity contribution in [3.63, 3.8) is 0 Å². The van der Waals surface area contributed by atoms with Crippen molar-refractivity contribution in [2.45, 2.75) is 94.7 Å². The quantitative estimate of drug-likeness (QED) is 0.283. The summed E-state index contributed by atoms with van der Waals surface area (Å²) in [5.74, 6) is 2.67. The second kappa shape index (κ2) is 11.2. The lowest BCUT2D eigenvalue weighted by Crippen LogP contribution is -2.53. The van der Waals surface area contributed by atoms with Crippen LogP contribution in [0.2, 0.25) is 0 Å². The lowest BCUT2D eigenvalue weighted by atomic mass is 9.91. The fourth-order valence-corrected chi connectivity index (χ4v) is 6.56. The number of carbonyl (C=O) groups is 1. The van der Waals surface area contributed by atoms with Gasteiger partial charge in [-0.25, -0.2) is 9.78 Å². The third kappa shape index (κ3) is 6.03. The van der Waals surface area contributed by atoms with Gasteiger partial charge in [0.1, 0.15) is 5.82 Å². The lowest BCUT2D eigenvalue weighted by molar-refractivity contribution is 0.219. The summed E-state index contributed by atoms with van der Waals surface area (Å²) < 4.78 is 0. The van der Waals surface area contributed by atoms with Crippen molar-refractivity contribution in [1.29, 1.82) is 5.26 Å². The number of fused-ring (bicyclic) bond motifs is 1. The normalized spacial score (nSPS) is 24.2. The average Bonchev–Trinajstić information content (AvgIpc) is 3.69. The van der Waals surface area contributed by atoms with Crippen LogP contribution in [0.15, 0.2) is 36.5 Å².